The summed E-state index contributed by atoms with van der Waals surface area (Å²) in [4.78, 5) is 17.0. The third-order valence-corrected chi connectivity index (χ3v) is 10.6. The van der Waals surface area contributed by atoms with Crippen LogP contribution in [0.25, 0.3) is 5.69 Å². The van der Waals surface area contributed by atoms with Gasteiger partial charge in [0, 0.05) is 24.8 Å². The molecule has 0 saturated carbocycles. The minimum Gasteiger partial charge on any atom is -0.494 e. The molecule has 0 fully saturated rings. The standard InChI is InChI=1S/C44H74F3N3O3/c1-4-6-8-10-12-14-16-18-20-22-24-26-28-30-34-49(35-31-29-27-25-23-21-19-17-15-13-11-9-7-5-2)38-32-33-40(41(36-38)53-3)50-42(52)39(37-51)48-43(50)44(45,46)47/h32-33,36-37,52H,4-31,34-35H2,1-3H3. The average Bonchev–Trinajstić information content (AvgIpc) is 3.50. The van der Waals surface area contributed by atoms with Crippen LogP contribution in [0.15, 0.2) is 18.2 Å². The summed E-state index contributed by atoms with van der Waals surface area (Å²) < 4.78 is 47.8. The van der Waals surface area contributed by atoms with E-state index < -0.39 is 23.6 Å². The van der Waals surface area contributed by atoms with Crippen LogP contribution in [0.2, 0.25) is 0 Å². The van der Waals surface area contributed by atoms with Gasteiger partial charge in [0.2, 0.25) is 11.7 Å². The first-order chi connectivity index (χ1) is 25.8. The summed E-state index contributed by atoms with van der Waals surface area (Å²) in [5.74, 6) is -2.06. The molecule has 1 aromatic carbocycles. The number of imidazole rings is 1. The van der Waals surface area contributed by atoms with Crippen molar-refractivity contribution in [1.29, 1.82) is 0 Å². The fourth-order valence-electron chi connectivity index (χ4n) is 7.34. The molecule has 1 aromatic heterocycles. The number of aromatic hydroxyl groups is 1. The van der Waals surface area contributed by atoms with E-state index in [1.807, 2.05) is 0 Å². The predicted molar refractivity (Wildman–Crippen MR) is 215 cm³/mol. The maximum atomic E-state index is 13.9. The Morgan fingerprint density at radius 3 is 1.38 bits per heavy atom. The Balaban J connectivity index is 1.90. The number of benzene rings is 1. The zero-order valence-corrected chi connectivity index (χ0v) is 33.8. The Bertz CT molecular complexity index is 1180. The molecule has 6 nitrogen and oxygen atoms in total. The topological polar surface area (TPSA) is 67.6 Å². The lowest BCUT2D eigenvalue weighted by Gasteiger charge is -2.26. The first-order valence-electron chi connectivity index (χ1n) is 21.6. The lowest BCUT2D eigenvalue weighted by Crippen LogP contribution is -2.26. The molecule has 0 amide bonds. The molecule has 0 spiro atoms. The van der Waals surface area contributed by atoms with Crippen molar-refractivity contribution < 1.29 is 27.8 Å². The van der Waals surface area contributed by atoms with Gasteiger partial charge in [-0.25, -0.2) is 4.98 Å². The van der Waals surface area contributed by atoms with Gasteiger partial charge in [0.1, 0.15) is 5.75 Å². The van der Waals surface area contributed by atoms with Gasteiger partial charge in [-0.15, -0.1) is 0 Å². The highest BCUT2D eigenvalue weighted by Crippen LogP contribution is 2.39. The largest absolute Gasteiger partial charge is 0.494 e. The van der Waals surface area contributed by atoms with Crippen LogP contribution in [-0.4, -0.2) is 41.1 Å². The second kappa shape index (κ2) is 28.7. The zero-order valence-electron chi connectivity index (χ0n) is 33.8. The number of hydrogen-bond acceptors (Lipinski definition) is 5. The second-order valence-corrected chi connectivity index (χ2v) is 15.1. The van der Waals surface area contributed by atoms with Gasteiger partial charge in [0.05, 0.1) is 12.8 Å². The second-order valence-electron chi connectivity index (χ2n) is 15.1. The third-order valence-electron chi connectivity index (χ3n) is 10.6. The number of ether oxygens (including phenoxy) is 1. The van der Waals surface area contributed by atoms with Crippen molar-refractivity contribution in [3.8, 4) is 17.3 Å². The van der Waals surface area contributed by atoms with Crippen LogP contribution in [0, 0.1) is 0 Å². The smallest absolute Gasteiger partial charge is 0.450 e. The summed E-state index contributed by atoms with van der Waals surface area (Å²) in [7, 11) is 1.40. The lowest BCUT2D eigenvalue weighted by molar-refractivity contribution is -0.146. The molecule has 9 heteroatoms. The molecule has 0 aliphatic carbocycles. The highest BCUT2D eigenvalue weighted by atomic mass is 19.4. The van der Waals surface area contributed by atoms with Crippen molar-refractivity contribution >= 4 is 12.0 Å². The predicted octanol–water partition coefficient (Wildman–Crippen LogP) is 14.2. The number of aldehydes is 1. The van der Waals surface area contributed by atoms with Crippen molar-refractivity contribution in [3.63, 3.8) is 0 Å². The SMILES string of the molecule is CCCCCCCCCCCCCCCCN(CCCCCCCCCCCCCCCC)c1ccc(-n2c(C(F)(F)F)nc(C=O)c2O)c(OC)c1. The number of nitrogens with zero attached hydrogens (tertiary/aromatic N) is 3. The van der Waals surface area contributed by atoms with Crippen LogP contribution in [0.1, 0.15) is 210 Å². The van der Waals surface area contributed by atoms with Crippen molar-refractivity contribution in [2.45, 2.75) is 200 Å². The number of rotatable bonds is 34. The molecule has 0 aliphatic heterocycles. The van der Waals surface area contributed by atoms with E-state index in [0.29, 0.717) is 4.57 Å². The Hall–Kier alpha value is -2.71. The summed E-state index contributed by atoms with van der Waals surface area (Å²) in [5.41, 5.74) is 0.189. The van der Waals surface area contributed by atoms with Gasteiger partial charge in [-0.3, -0.25) is 9.36 Å². The number of unbranched alkanes of at least 4 members (excludes halogenated alkanes) is 26. The molecule has 1 heterocycles. The van der Waals surface area contributed by atoms with Gasteiger partial charge >= 0.3 is 6.18 Å². The number of alkyl halides is 3. The fourth-order valence-corrected chi connectivity index (χ4v) is 7.34. The van der Waals surface area contributed by atoms with Crippen LogP contribution < -0.4 is 9.64 Å². The first-order valence-corrected chi connectivity index (χ1v) is 21.6. The number of aromatic nitrogens is 2. The molecule has 0 unspecified atom stereocenters. The molecule has 0 aliphatic rings. The van der Waals surface area contributed by atoms with E-state index in [-0.39, 0.29) is 17.7 Å². The lowest BCUT2D eigenvalue weighted by atomic mass is 10.0. The van der Waals surface area contributed by atoms with Crippen LogP contribution in [0.4, 0.5) is 18.9 Å². The Morgan fingerprint density at radius 1 is 0.660 bits per heavy atom. The molecule has 0 saturated heterocycles. The van der Waals surface area contributed by atoms with Crippen LogP contribution in [-0.2, 0) is 6.18 Å². The molecular formula is C44H74F3N3O3. The van der Waals surface area contributed by atoms with E-state index in [4.69, 9.17) is 4.74 Å². The van der Waals surface area contributed by atoms with E-state index >= 15 is 0 Å². The highest BCUT2D eigenvalue weighted by molar-refractivity contribution is 5.76. The molecule has 0 radical (unpaired) electrons. The van der Waals surface area contributed by atoms with Gasteiger partial charge in [0.15, 0.2) is 12.0 Å². The van der Waals surface area contributed by atoms with Gasteiger partial charge in [-0.05, 0) is 25.0 Å². The number of carbonyl (C=O) groups excluding carboxylic acids is 1. The zero-order chi connectivity index (χ0) is 38.6. The number of methoxy groups -OCH3 is 1. The van der Waals surface area contributed by atoms with Gasteiger partial charge in [-0.2, -0.15) is 13.2 Å². The monoisotopic (exact) mass is 750 g/mol. The normalized spacial score (nSPS) is 11.7. The van der Waals surface area contributed by atoms with Crippen LogP contribution in [0.3, 0.4) is 0 Å². The number of hydrogen-bond donors (Lipinski definition) is 1. The van der Waals surface area contributed by atoms with E-state index in [1.54, 1.807) is 12.1 Å². The van der Waals surface area contributed by atoms with E-state index in [0.717, 1.165) is 44.5 Å². The minimum absolute atomic E-state index is 0.0189. The quantitative estimate of drug-likeness (QED) is 0.0570. The van der Waals surface area contributed by atoms with E-state index in [9.17, 15) is 23.1 Å². The Labute approximate surface area is 320 Å². The van der Waals surface area contributed by atoms with Gasteiger partial charge in [-0.1, -0.05) is 181 Å². The van der Waals surface area contributed by atoms with Crippen LogP contribution in [0.5, 0.6) is 11.6 Å². The van der Waals surface area contributed by atoms with Crippen molar-refractivity contribution in [2.24, 2.45) is 0 Å². The molecule has 304 valence electrons. The summed E-state index contributed by atoms with van der Waals surface area (Å²) >= 11 is 0. The number of carbonyl (C=O) groups is 1. The molecule has 1 N–H and O–H groups in total. The van der Waals surface area contributed by atoms with Gasteiger partial charge in [0.25, 0.3) is 0 Å². The first kappa shape index (κ1) is 46.4. The summed E-state index contributed by atoms with van der Waals surface area (Å²) in [6, 6.07) is 5.04. The molecule has 2 rings (SSSR count). The summed E-state index contributed by atoms with van der Waals surface area (Å²) in [6.07, 6.45) is 31.6. The molecular weight excluding hydrogens is 675 g/mol. The Morgan fingerprint density at radius 2 is 1.04 bits per heavy atom. The Kier molecular flexibility index (Phi) is 25.1. The molecule has 53 heavy (non-hydrogen) atoms. The van der Waals surface area contributed by atoms with Crippen molar-refractivity contribution in [2.75, 3.05) is 25.1 Å². The summed E-state index contributed by atoms with van der Waals surface area (Å²) in [6.45, 7) is 6.24. The van der Waals surface area contributed by atoms with Crippen molar-refractivity contribution in [1.82, 2.24) is 9.55 Å². The van der Waals surface area contributed by atoms with Gasteiger partial charge < -0.3 is 14.7 Å². The molecule has 0 atom stereocenters. The highest BCUT2D eigenvalue weighted by Gasteiger charge is 2.40. The molecule has 2 aromatic rings. The maximum Gasteiger partial charge on any atom is 0.450 e. The number of halogens is 3. The van der Waals surface area contributed by atoms with Crippen molar-refractivity contribution in [3.05, 3.63) is 29.7 Å². The maximum absolute atomic E-state index is 13.9. The van der Waals surface area contributed by atoms with E-state index in [2.05, 4.69) is 23.7 Å². The van der Waals surface area contributed by atoms with Crippen LogP contribution >= 0.6 is 0 Å². The molecule has 0 bridgehead atoms. The minimum atomic E-state index is -4.88. The average molecular weight is 750 g/mol. The number of anilines is 1. The fraction of sp³-hybridized carbons (Fsp3) is 0.773. The van der Waals surface area contributed by atoms with E-state index in [1.165, 1.54) is 167 Å². The third kappa shape index (κ3) is 18.9. The summed E-state index contributed by atoms with van der Waals surface area (Å²) in [5, 5.41) is 10.5.